The average Bonchev–Trinajstić information content (AvgIpc) is 3.16. The highest BCUT2D eigenvalue weighted by atomic mass is 16.5. The van der Waals surface area contributed by atoms with E-state index >= 15 is 0 Å². The monoisotopic (exact) mass is 401 g/mol. The molecule has 1 heterocycles. The third-order valence-electron chi connectivity index (χ3n) is 4.78. The quantitative estimate of drug-likeness (QED) is 0.408. The SMILES string of the molecule is CCn1ncc(C(=O)/C=C/c2ccc(OC)c(COc3ccc(C#N)cc3)c2)c1C. The first-order chi connectivity index (χ1) is 14.5. The number of carbonyl (C=O) groups is 1. The Hall–Kier alpha value is -3.85. The second-order valence-electron chi connectivity index (χ2n) is 6.65. The van der Waals surface area contributed by atoms with Gasteiger partial charge >= 0.3 is 0 Å². The maximum atomic E-state index is 12.5. The maximum Gasteiger partial charge on any atom is 0.189 e. The Morgan fingerprint density at radius 3 is 2.63 bits per heavy atom. The van der Waals surface area contributed by atoms with Gasteiger partial charge < -0.3 is 9.47 Å². The van der Waals surface area contributed by atoms with Crippen LogP contribution in [0.3, 0.4) is 0 Å². The van der Waals surface area contributed by atoms with Crippen LogP contribution in [0.2, 0.25) is 0 Å². The van der Waals surface area contributed by atoms with Crippen LogP contribution >= 0.6 is 0 Å². The maximum absolute atomic E-state index is 12.5. The first-order valence-corrected chi connectivity index (χ1v) is 9.60. The molecule has 3 aromatic rings. The summed E-state index contributed by atoms with van der Waals surface area (Å²) in [4.78, 5) is 12.5. The fourth-order valence-corrected chi connectivity index (χ4v) is 3.07. The number of methoxy groups -OCH3 is 1. The van der Waals surface area contributed by atoms with Gasteiger partial charge in [0.05, 0.1) is 30.5 Å². The zero-order valence-electron chi connectivity index (χ0n) is 17.3. The van der Waals surface area contributed by atoms with Crippen LogP contribution in [0.5, 0.6) is 11.5 Å². The second-order valence-corrected chi connectivity index (χ2v) is 6.65. The molecule has 1 aromatic heterocycles. The molecule has 0 aliphatic heterocycles. The molecule has 2 aromatic carbocycles. The standard InChI is InChI=1S/C24H23N3O3/c1-4-27-17(2)22(15-26-27)23(28)11-7-18-8-12-24(29-3)20(13-18)16-30-21-9-5-19(14-25)6-10-21/h5-13,15H,4,16H2,1-3H3/b11-7+. The van der Waals surface area contributed by atoms with Crippen LogP contribution in [-0.4, -0.2) is 22.7 Å². The Morgan fingerprint density at radius 1 is 1.23 bits per heavy atom. The molecule has 6 nitrogen and oxygen atoms in total. The van der Waals surface area contributed by atoms with Crippen LogP contribution in [-0.2, 0) is 13.2 Å². The number of aryl methyl sites for hydroxylation is 1. The molecule has 0 saturated carbocycles. The van der Waals surface area contributed by atoms with Gasteiger partial charge in [0.15, 0.2) is 5.78 Å². The summed E-state index contributed by atoms with van der Waals surface area (Å²) in [6, 6.07) is 14.7. The van der Waals surface area contributed by atoms with Crippen molar-refractivity contribution < 1.29 is 14.3 Å². The highest BCUT2D eigenvalue weighted by Gasteiger charge is 2.11. The smallest absolute Gasteiger partial charge is 0.189 e. The largest absolute Gasteiger partial charge is 0.496 e. The van der Waals surface area contributed by atoms with Crippen molar-refractivity contribution in [2.75, 3.05) is 7.11 Å². The zero-order chi connectivity index (χ0) is 21.5. The van der Waals surface area contributed by atoms with E-state index < -0.39 is 0 Å². The van der Waals surface area contributed by atoms with E-state index in [2.05, 4.69) is 11.2 Å². The van der Waals surface area contributed by atoms with Crippen molar-refractivity contribution in [1.29, 1.82) is 5.26 Å². The Kier molecular flexibility index (Phi) is 6.66. The third-order valence-corrected chi connectivity index (χ3v) is 4.78. The number of ether oxygens (including phenoxy) is 2. The van der Waals surface area contributed by atoms with Gasteiger partial charge in [-0.25, -0.2) is 0 Å². The fourth-order valence-electron chi connectivity index (χ4n) is 3.07. The van der Waals surface area contributed by atoms with Crippen LogP contribution in [0.15, 0.2) is 54.7 Å². The zero-order valence-corrected chi connectivity index (χ0v) is 17.3. The van der Waals surface area contributed by atoms with Crippen LogP contribution in [0.1, 0.15) is 39.7 Å². The molecule has 0 spiro atoms. The number of ketones is 1. The molecule has 0 atom stereocenters. The number of rotatable bonds is 8. The summed E-state index contributed by atoms with van der Waals surface area (Å²) in [6.45, 7) is 4.91. The van der Waals surface area contributed by atoms with E-state index in [1.807, 2.05) is 32.0 Å². The van der Waals surface area contributed by atoms with E-state index in [-0.39, 0.29) is 5.78 Å². The highest BCUT2D eigenvalue weighted by Crippen LogP contribution is 2.23. The third kappa shape index (κ3) is 4.76. The number of aromatic nitrogens is 2. The van der Waals surface area contributed by atoms with Gasteiger partial charge in [-0.3, -0.25) is 9.48 Å². The van der Waals surface area contributed by atoms with Gasteiger partial charge in [-0.15, -0.1) is 0 Å². The van der Waals surface area contributed by atoms with Gasteiger partial charge in [-0.2, -0.15) is 10.4 Å². The molecule has 0 amide bonds. The molecule has 0 fully saturated rings. The van der Waals surface area contributed by atoms with Crippen molar-refractivity contribution in [3.8, 4) is 17.6 Å². The normalized spacial score (nSPS) is 10.7. The Bertz CT molecular complexity index is 1110. The lowest BCUT2D eigenvalue weighted by Crippen LogP contribution is -2.02. The van der Waals surface area contributed by atoms with Crippen molar-refractivity contribution in [2.24, 2.45) is 0 Å². The molecule has 0 aliphatic rings. The fraction of sp³-hybridized carbons (Fsp3) is 0.208. The first kappa shape index (κ1) is 20.9. The Balaban J connectivity index is 1.74. The minimum Gasteiger partial charge on any atom is -0.496 e. The van der Waals surface area contributed by atoms with E-state index in [1.165, 1.54) is 0 Å². The van der Waals surface area contributed by atoms with Gasteiger partial charge in [0.25, 0.3) is 0 Å². The summed E-state index contributed by atoms with van der Waals surface area (Å²) in [5.74, 6) is 1.28. The molecule has 0 unspecified atom stereocenters. The summed E-state index contributed by atoms with van der Waals surface area (Å²) in [7, 11) is 1.60. The number of nitrogens with zero attached hydrogens (tertiary/aromatic N) is 3. The predicted molar refractivity (Wildman–Crippen MR) is 114 cm³/mol. The van der Waals surface area contributed by atoms with E-state index in [4.69, 9.17) is 14.7 Å². The van der Waals surface area contributed by atoms with Crippen LogP contribution in [0, 0.1) is 18.3 Å². The molecule has 0 radical (unpaired) electrons. The lowest BCUT2D eigenvalue weighted by molar-refractivity contribution is 0.104. The van der Waals surface area contributed by atoms with Crippen molar-refractivity contribution in [3.05, 3.63) is 82.7 Å². The van der Waals surface area contributed by atoms with Crippen molar-refractivity contribution in [2.45, 2.75) is 27.0 Å². The summed E-state index contributed by atoms with van der Waals surface area (Å²) in [6.07, 6.45) is 4.93. The summed E-state index contributed by atoms with van der Waals surface area (Å²) < 4.78 is 13.0. The van der Waals surface area contributed by atoms with Crippen LogP contribution < -0.4 is 9.47 Å². The summed E-state index contributed by atoms with van der Waals surface area (Å²) in [5.41, 5.74) is 3.76. The van der Waals surface area contributed by atoms with E-state index in [1.54, 1.807) is 54.4 Å². The Morgan fingerprint density at radius 2 is 2.00 bits per heavy atom. The van der Waals surface area contributed by atoms with Gasteiger partial charge in [0.1, 0.15) is 18.1 Å². The van der Waals surface area contributed by atoms with Crippen molar-refractivity contribution in [3.63, 3.8) is 0 Å². The molecule has 0 N–H and O–H groups in total. The number of nitriles is 1. The van der Waals surface area contributed by atoms with Gasteiger partial charge in [-0.05, 0) is 61.9 Å². The van der Waals surface area contributed by atoms with Gasteiger partial charge in [0.2, 0.25) is 0 Å². The molecule has 6 heteroatoms. The molecule has 0 bridgehead atoms. The molecule has 3 rings (SSSR count). The van der Waals surface area contributed by atoms with Crippen LogP contribution in [0.4, 0.5) is 0 Å². The van der Waals surface area contributed by atoms with Gasteiger partial charge in [-0.1, -0.05) is 12.1 Å². The van der Waals surface area contributed by atoms with E-state index in [9.17, 15) is 4.79 Å². The molecule has 30 heavy (non-hydrogen) atoms. The highest BCUT2D eigenvalue weighted by molar-refractivity contribution is 6.07. The number of carbonyl (C=O) groups excluding carboxylic acids is 1. The lowest BCUT2D eigenvalue weighted by atomic mass is 10.1. The van der Waals surface area contributed by atoms with Crippen molar-refractivity contribution in [1.82, 2.24) is 9.78 Å². The summed E-state index contributed by atoms with van der Waals surface area (Å²) >= 11 is 0. The number of hydrogen-bond donors (Lipinski definition) is 0. The van der Waals surface area contributed by atoms with E-state index in [0.717, 1.165) is 23.4 Å². The average molecular weight is 401 g/mol. The molecular weight excluding hydrogens is 378 g/mol. The number of allylic oxidation sites excluding steroid dienone is 1. The van der Waals surface area contributed by atoms with Gasteiger partial charge in [0, 0.05) is 17.8 Å². The first-order valence-electron chi connectivity index (χ1n) is 9.60. The predicted octanol–water partition coefficient (Wildman–Crippen LogP) is 4.57. The topological polar surface area (TPSA) is 77.1 Å². The number of hydrogen-bond acceptors (Lipinski definition) is 5. The van der Waals surface area contributed by atoms with E-state index in [0.29, 0.717) is 29.2 Å². The lowest BCUT2D eigenvalue weighted by Gasteiger charge is -2.11. The molecule has 152 valence electrons. The summed E-state index contributed by atoms with van der Waals surface area (Å²) in [5, 5.41) is 13.1. The van der Waals surface area contributed by atoms with Crippen molar-refractivity contribution >= 4 is 11.9 Å². The minimum absolute atomic E-state index is 0.0848. The molecule has 0 saturated heterocycles. The second kappa shape index (κ2) is 9.57. The van der Waals surface area contributed by atoms with Crippen LogP contribution in [0.25, 0.3) is 6.08 Å². The number of benzene rings is 2. The minimum atomic E-state index is -0.0848. The molecule has 0 aliphatic carbocycles. The Labute approximate surface area is 176 Å². The molecular formula is C24H23N3O3.